The maximum Gasteiger partial charge on any atom is 0.251 e. The van der Waals surface area contributed by atoms with E-state index in [9.17, 15) is 13.2 Å². The van der Waals surface area contributed by atoms with Crippen LogP contribution in [0.4, 0.5) is 0 Å². The molecule has 7 nitrogen and oxygen atoms in total. The monoisotopic (exact) mass is 353 g/mol. The van der Waals surface area contributed by atoms with Gasteiger partial charge in [0.1, 0.15) is 0 Å². The minimum Gasteiger partial charge on any atom is -0.379 e. The van der Waals surface area contributed by atoms with Gasteiger partial charge in [0.05, 0.1) is 18.1 Å². The Morgan fingerprint density at radius 2 is 1.88 bits per heavy atom. The SMILES string of the molecule is NC(CNC(=O)c1ccc(S(=O)(=O)N2CCOCC2)cc1)C1CC1. The molecule has 0 bridgehead atoms. The number of nitrogens with zero attached hydrogens (tertiary/aromatic N) is 1. The summed E-state index contributed by atoms with van der Waals surface area (Å²) >= 11 is 0. The van der Waals surface area contributed by atoms with Gasteiger partial charge in [0, 0.05) is 31.2 Å². The first kappa shape index (κ1) is 17.3. The average molecular weight is 353 g/mol. The highest BCUT2D eigenvalue weighted by molar-refractivity contribution is 7.89. The van der Waals surface area contributed by atoms with Gasteiger partial charge in [-0.15, -0.1) is 0 Å². The lowest BCUT2D eigenvalue weighted by atomic mass is 10.2. The van der Waals surface area contributed by atoms with Gasteiger partial charge in [-0.25, -0.2) is 8.42 Å². The molecule has 0 radical (unpaired) electrons. The summed E-state index contributed by atoms with van der Waals surface area (Å²) < 4.78 is 31.6. The lowest BCUT2D eigenvalue weighted by Crippen LogP contribution is -2.40. The highest BCUT2D eigenvalue weighted by atomic mass is 32.2. The molecule has 0 spiro atoms. The lowest BCUT2D eigenvalue weighted by Gasteiger charge is -2.26. The summed E-state index contributed by atoms with van der Waals surface area (Å²) in [6.07, 6.45) is 2.26. The van der Waals surface area contributed by atoms with Gasteiger partial charge in [0.25, 0.3) is 5.91 Å². The van der Waals surface area contributed by atoms with Gasteiger partial charge in [-0.3, -0.25) is 4.79 Å². The molecule has 1 aliphatic heterocycles. The summed E-state index contributed by atoms with van der Waals surface area (Å²) in [5.41, 5.74) is 6.39. The number of benzene rings is 1. The van der Waals surface area contributed by atoms with E-state index in [-0.39, 0.29) is 16.8 Å². The van der Waals surface area contributed by atoms with Crippen molar-refractivity contribution >= 4 is 15.9 Å². The molecule has 2 fully saturated rings. The number of carbonyl (C=O) groups is 1. The van der Waals surface area contributed by atoms with E-state index < -0.39 is 10.0 Å². The van der Waals surface area contributed by atoms with Gasteiger partial charge in [-0.05, 0) is 43.0 Å². The quantitative estimate of drug-likeness (QED) is 0.759. The van der Waals surface area contributed by atoms with E-state index in [1.165, 1.54) is 28.6 Å². The maximum absolute atomic E-state index is 12.5. The molecule has 8 heteroatoms. The van der Waals surface area contributed by atoms with Crippen molar-refractivity contribution in [3.8, 4) is 0 Å². The van der Waals surface area contributed by atoms with Crippen LogP contribution >= 0.6 is 0 Å². The number of hydrogen-bond donors (Lipinski definition) is 2. The Morgan fingerprint density at radius 3 is 2.46 bits per heavy atom. The Balaban J connectivity index is 1.62. The van der Waals surface area contributed by atoms with E-state index in [1.807, 2.05) is 0 Å². The van der Waals surface area contributed by atoms with E-state index in [0.29, 0.717) is 44.3 Å². The molecular weight excluding hydrogens is 330 g/mol. The zero-order chi connectivity index (χ0) is 17.2. The maximum atomic E-state index is 12.5. The van der Waals surface area contributed by atoms with E-state index in [1.54, 1.807) is 0 Å². The summed E-state index contributed by atoms with van der Waals surface area (Å²) in [5.74, 6) is 0.285. The second-order valence-corrected chi connectivity index (χ2v) is 8.19. The molecule has 2 aliphatic rings. The standard InChI is InChI=1S/C16H23N3O4S/c17-15(12-1-2-12)11-18-16(20)13-3-5-14(6-4-13)24(21,22)19-7-9-23-10-8-19/h3-6,12,15H,1-2,7-11,17H2,(H,18,20). The Kier molecular flexibility index (Phi) is 5.19. The molecular formula is C16H23N3O4S. The molecule has 24 heavy (non-hydrogen) atoms. The number of ether oxygens (including phenoxy) is 1. The van der Waals surface area contributed by atoms with Gasteiger partial charge in [-0.2, -0.15) is 4.31 Å². The lowest BCUT2D eigenvalue weighted by molar-refractivity contribution is 0.0730. The van der Waals surface area contributed by atoms with Crippen molar-refractivity contribution in [2.45, 2.75) is 23.8 Å². The molecule has 1 aromatic rings. The number of nitrogens with two attached hydrogens (primary N) is 1. The summed E-state index contributed by atoms with van der Waals surface area (Å²) in [6.45, 7) is 1.95. The van der Waals surface area contributed by atoms with Crippen LogP contribution in [0.1, 0.15) is 23.2 Å². The van der Waals surface area contributed by atoms with Crippen LogP contribution in [0.25, 0.3) is 0 Å². The molecule has 1 amide bonds. The fourth-order valence-corrected chi connectivity index (χ4v) is 4.13. The Labute approximate surface area is 142 Å². The van der Waals surface area contributed by atoms with Crippen LogP contribution in [0, 0.1) is 5.92 Å². The third kappa shape index (κ3) is 3.94. The zero-order valence-electron chi connectivity index (χ0n) is 13.5. The third-order valence-corrected chi connectivity index (χ3v) is 6.36. The summed E-state index contributed by atoms with van der Waals surface area (Å²) in [6, 6.07) is 6.01. The van der Waals surface area contributed by atoms with Crippen molar-refractivity contribution < 1.29 is 17.9 Å². The Bertz CT molecular complexity index is 680. The summed E-state index contributed by atoms with van der Waals surface area (Å²) in [5, 5.41) is 2.80. The first-order chi connectivity index (χ1) is 11.5. The van der Waals surface area contributed by atoms with E-state index >= 15 is 0 Å². The van der Waals surface area contributed by atoms with Gasteiger partial charge in [0.15, 0.2) is 0 Å². The smallest absolute Gasteiger partial charge is 0.251 e. The topological polar surface area (TPSA) is 102 Å². The average Bonchev–Trinajstić information content (AvgIpc) is 3.45. The molecule has 1 heterocycles. The van der Waals surface area contributed by atoms with Gasteiger partial charge < -0.3 is 15.8 Å². The van der Waals surface area contributed by atoms with E-state index in [0.717, 1.165) is 12.8 Å². The first-order valence-corrected chi connectivity index (χ1v) is 9.64. The molecule has 3 rings (SSSR count). The largest absolute Gasteiger partial charge is 0.379 e. The fourth-order valence-electron chi connectivity index (χ4n) is 2.72. The highest BCUT2D eigenvalue weighted by Gasteiger charge is 2.29. The Hall–Kier alpha value is -1.48. The van der Waals surface area contributed by atoms with Gasteiger partial charge >= 0.3 is 0 Å². The van der Waals surface area contributed by atoms with Gasteiger partial charge in [-0.1, -0.05) is 0 Å². The highest BCUT2D eigenvalue weighted by Crippen LogP contribution is 2.31. The minimum absolute atomic E-state index is 0.00470. The second kappa shape index (κ2) is 7.18. The second-order valence-electron chi connectivity index (χ2n) is 6.25. The molecule has 1 aromatic carbocycles. The molecule has 1 saturated carbocycles. The minimum atomic E-state index is -3.53. The number of rotatable bonds is 6. The van der Waals surface area contributed by atoms with E-state index in [2.05, 4.69) is 5.32 Å². The number of hydrogen-bond acceptors (Lipinski definition) is 5. The van der Waals surface area contributed by atoms with Crippen LogP contribution in [0.5, 0.6) is 0 Å². The van der Waals surface area contributed by atoms with Crippen LogP contribution < -0.4 is 11.1 Å². The number of nitrogens with one attached hydrogen (secondary N) is 1. The predicted molar refractivity (Wildman–Crippen MR) is 89.1 cm³/mol. The van der Waals surface area contributed by atoms with Crippen LogP contribution in [0.15, 0.2) is 29.2 Å². The number of amides is 1. The van der Waals surface area contributed by atoms with Gasteiger partial charge in [0.2, 0.25) is 10.0 Å². The number of sulfonamides is 1. The van der Waals surface area contributed by atoms with Crippen LogP contribution in [-0.4, -0.2) is 57.5 Å². The van der Waals surface area contributed by atoms with Crippen molar-refractivity contribution in [2.24, 2.45) is 11.7 Å². The number of morpholine rings is 1. The molecule has 1 atom stereocenters. The predicted octanol–water partition coefficient (Wildman–Crippen LogP) is 0.175. The summed E-state index contributed by atoms with van der Waals surface area (Å²) in [7, 11) is -3.53. The van der Waals surface area contributed by atoms with Crippen LogP contribution in [0.2, 0.25) is 0 Å². The molecule has 1 saturated heterocycles. The molecule has 1 aliphatic carbocycles. The van der Waals surface area contributed by atoms with Crippen molar-refractivity contribution in [3.05, 3.63) is 29.8 Å². The first-order valence-electron chi connectivity index (χ1n) is 8.20. The van der Waals surface area contributed by atoms with Crippen molar-refractivity contribution in [1.29, 1.82) is 0 Å². The molecule has 132 valence electrons. The van der Waals surface area contributed by atoms with E-state index in [4.69, 9.17) is 10.5 Å². The normalized spacial score (nSPS) is 20.5. The van der Waals surface area contributed by atoms with Crippen molar-refractivity contribution in [1.82, 2.24) is 9.62 Å². The third-order valence-electron chi connectivity index (χ3n) is 4.45. The molecule has 0 aromatic heterocycles. The Morgan fingerprint density at radius 1 is 1.25 bits per heavy atom. The number of carbonyl (C=O) groups excluding carboxylic acids is 1. The van der Waals surface area contributed by atoms with Crippen LogP contribution in [0.3, 0.4) is 0 Å². The van der Waals surface area contributed by atoms with Crippen LogP contribution in [-0.2, 0) is 14.8 Å². The summed E-state index contributed by atoms with van der Waals surface area (Å²) in [4.78, 5) is 12.3. The van der Waals surface area contributed by atoms with Crippen molar-refractivity contribution in [3.63, 3.8) is 0 Å². The molecule has 3 N–H and O–H groups in total. The molecule has 1 unspecified atom stereocenters. The zero-order valence-corrected chi connectivity index (χ0v) is 14.3. The van der Waals surface area contributed by atoms with Crippen molar-refractivity contribution in [2.75, 3.05) is 32.8 Å². The fraction of sp³-hybridized carbons (Fsp3) is 0.562.